The van der Waals surface area contributed by atoms with Crippen molar-refractivity contribution in [3.05, 3.63) is 59.2 Å². The normalized spacial score (nSPS) is 12.2. The Balaban J connectivity index is 2.49. The first-order chi connectivity index (χ1) is 10.1. The van der Waals surface area contributed by atoms with Gasteiger partial charge in [0.2, 0.25) is 0 Å². The molecule has 0 amide bonds. The minimum absolute atomic E-state index is 0.138. The van der Waals surface area contributed by atoms with Gasteiger partial charge in [-0.25, -0.2) is 8.42 Å². The van der Waals surface area contributed by atoms with Crippen LogP contribution in [0, 0.1) is 13.8 Å². The Labute approximate surface area is 133 Å². The summed E-state index contributed by atoms with van der Waals surface area (Å²) in [5.41, 5.74) is 3.14. The van der Waals surface area contributed by atoms with Gasteiger partial charge >= 0.3 is 0 Å². The van der Waals surface area contributed by atoms with Crippen LogP contribution in [0.5, 0.6) is 0 Å². The number of benzene rings is 2. The number of nitrogens with one attached hydrogen (secondary N) is 1. The lowest BCUT2D eigenvalue weighted by Crippen LogP contribution is -2.19. The van der Waals surface area contributed by atoms with Crippen molar-refractivity contribution in [2.45, 2.75) is 44.9 Å². The summed E-state index contributed by atoms with van der Waals surface area (Å²) in [4.78, 5) is 0.330. The van der Waals surface area contributed by atoms with Gasteiger partial charge < -0.3 is 0 Å². The molecular weight excluding hydrogens is 294 g/mol. The SMILES string of the molecule is Cc1ccc(C)c(S(=O)(=O)Nc2ccccc2C(C)(C)C)c1. The quantitative estimate of drug-likeness (QED) is 0.912. The van der Waals surface area contributed by atoms with Crippen LogP contribution in [-0.4, -0.2) is 8.42 Å². The molecule has 0 aliphatic heterocycles. The van der Waals surface area contributed by atoms with Crippen molar-refractivity contribution in [1.29, 1.82) is 0 Å². The van der Waals surface area contributed by atoms with Crippen LogP contribution in [0.4, 0.5) is 5.69 Å². The van der Waals surface area contributed by atoms with Gasteiger partial charge in [-0.3, -0.25) is 4.72 Å². The summed E-state index contributed by atoms with van der Waals surface area (Å²) in [5.74, 6) is 0. The first-order valence-corrected chi connectivity index (χ1v) is 8.79. The van der Waals surface area contributed by atoms with Gasteiger partial charge in [-0.1, -0.05) is 51.1 Å². The van der Waals surface area contributed by atoms with Gasteiger partial charge in [-0.05, 0) is 48.1 Å². The second-order valence-corrected chi connectivity index (χ2v) is 8.32. The van der Waals surface area contributed by atoms with Gasteiger partial charge in [-0.15, -0.1) is 0 Å². The second-order valence-electron chi connectivity index (χ2n) is 6.67. The predicted molar refractivity (Wildman–Crippen MR) is 91.9 cm³/mol. The maximum atomic E-state index is 12.7. The molecule has 1 N–H and O–H groups in total. The first-order valence-electron chi connectivity index (χ1n) is 7.31. The molecule has 0 unspecified atom stereocenters. The Morgan fingerprint density at radius 3 is 2.23 bits per heavy atom. The summed E-state index contributed by atoms with van der Waals surface area (Å²) in [6.07, 6.45) is 0. The summed E-state index contributed by atoms with van der Waals surface area (Å²) < 4.78 is 28.2. The van der Waals surface area contributed by atoms with Gasteiger partial charge in [0.25, 0.3) is 10.0 Å². The standard InChI is InChI=1S/C18H23NO2S/c1-13-10-11-14(2)17(12-13)22(20,21)19-16-9-7-6-8-15(16)18(3,4)5/h6-12,19H,1-5H3. The van der Waals surface area contributed by atoms with Crippen LogP contribution in [0.25, 0.3) is 0 Å². The molecule has 0 aliphatic carbocycles. The van der Waals surface area contributed by atoms with Crippen LogP contribution in [0.3, 0.4) is 0 Å². The molecule has 0 spiro atoms. The highest BCUT2D eigenvalue weighted by Crippen LogP contribution is 2.31. The summed E-state index contributed by atoms with van der Waals surface area (Å²) >= 11 is 0. The summed E-state index contributed by atoms with van der Waals surface area (Å²) in [6.45, 7) is 9.90. The molecule has 2 rings (SSSR count). The van der Waals surface area contributed by atoms with E-state index < -0.39 is 10.0 Å². The number of hydrogen-bond acceptors (Lipinski definition) is 2. The van der Waals surface area contributed by atoms with Gasteiger partial charge in [0, 0.05) is 0 Å². The molecule has 0 saturated carbocycles. The Hall–Kier alpha value is -1.81. The monoisotopic (exact) mass is 317 g/mol. The van der Waals surface area contributed by atoms with E-state index in [-0.39, 0.29) is 5.41 Å². The molecule has 2 aromatic carbocycles. The van der Waals surface area contributed by atoms with Crippen molar-refractivity contribution < 1.29 is 8.42 Å². The van der Waals surface area contributed by atoms with E-state index in [0.717, 1.165) is 16.7 Å². The third kappa shape index (κ3) is 3.50. The van der Waals surface area contributed by atoms with Crippen LogP contribution in [0.1, 0.15) is 37.5 Å². The molecular formula is C18H23NO2S. The molecule has 0 bridgehead atoms. The van der Waals surface area contributed by atoms with Crippen LogP contribution in [0.15, 0.2) is 47.4 Å². The lowest BCUT2D eigenvalue weighted by Gasteiger charge is -2.23. The lowest BCUT2D eigenvalue weighted by atomic mass is 9.86. The number of anilines is 1. The molecule has 0 aromatic heterocycles. The van der Waals surface area contributed by atoms with Gasteiger partial charge in [0.1, 0.15) is 0 Å². The average Bonchev–Trinajstić information content (AvgIpc) is 2.40. The third-order valence-electron chi connectivity index (χ3n) is 3.61. The number of hydrogen-bond donors (Lipinski definition) is 1. The van der Waals surface area contributed by atoms with E-state index in [0.29, 0.717) is 10.6 Å². The fourth-order valence-corrected chi connectivity index (χ4v) is 3.83. The predicted octanol–water partition coefficient (Wildman–Crippen LogP) is 4.40. The Bertz CT molecular complexity index is 787. The highest BCUT2D eigenvalue weighted by Gasteiger charge is 2.22. The Kier molecular flexibility index (Phi) is 4.34. The fourth-order valence-electron chi connectivity index (χ4n) is 2.42. The number of para-hydroxylation sites is 1. The van der Waals surface area contributed by atoms with Gasteiger partial charge in [0.05, 0.1) is 10.6 Å². The topological polar surface area (TPSA) is 46.2 Å². The first kappa shape index (κ1) is 16.6. The lowest BCUT2D eigenvalue weighted by molar-refractivity contribution is 0.590. The van der Waals surface area contributed by atoms with E-state index in [1.807, 2.05) is 50.2 Å². The maximum Gasteiger partial charge on any atom is 0.262 e. The molecule has 22 heavy (non-hydrogen) atoms. The van der Waals surface area contributed by atoms with E-state index in [9.17, 15) is 8.42 Å². The Morgan fingerprint density at radius 2 is 1.59 bits per heavy atom. The van der Waals surface area contributed by atoms with Gasteiger partial charge in [-0.2, -0.15) is 0 Å². The molecule has 118 valence electrons. The highest BCUT2D eigenvalue weighted by atomic mass is 32.2. The minimum Gasteiger partial charge on any atom is -0.279 e. The number of aryl methyl sites for hydroxylation is 2. The van der Waals surface area contributed by atoms with Crippen molar-refractivity contribution in [2.24, 2.45) is 0 Å². The van der Waals surface area contributed by atoms with E-state index in [1.165, 1.54) is 0 Å². The zero-order valence-corrected chi connectivity index (χ0v) is 14.6. The zero-order chi connectivity index (χ0) is 16.5. The summed E-state index contributed by atoms with van der Waals surface area (Å²) in [7, 11) is -3.60. The Morgan fingerprint density at radius 1 is 0.955 bits per heavy atom. The van der Waals surface area contributed by atoms with Crippen molar-refractivity contribution in [2.75, 3.05) is 4.72 Å². The molecule has 3 nitrogen and oxygen atoms in total. The highest BCUT2D eigenvalue weighted by molar-refractivity contribution is 7.92. The average molecular weight is 317 g/mol. The van der Waals surface area contributed by atoms with Crippen molar-refractivity contribution in [1.82, 2.24) is 0 Å². The molecule has 0 heterocycles. The number of sulfonamides is 1. The second kappa shape index (κ2) is 5.76. The third-order valence-corrected chi connectivity index (χ3v) is 5.12. The van der Waals surface area contributed by atoms with Crippen molar-refractivity contribution in [3.63, 3.8) is 0 Å². The molecule has 4 heteroatoms. The van der Waals surface area contributed by atoms with Crippen molar-refractivity contribution in [3.8, 4) is 0 Å². The summed E-state index contributed by atoms with van der Waals surface area (Å²) in [5, 5.41) is 0. The van der Waals surface area contributed by atoms with Crippen LogP contribution >= 0.6 is 0 Å². The molecule has 2 aromatic rings. The van der Waals surface area contributed by atoms with Gasteiger partial charge in [0.15, 0.2) is 0 Å². The van der Waals surface area contributed by atoms with Crippen molar-refractivity contribution >= 4 is 15.7 Å². The molecule has 0 saturated heterocycles. The molecule has 0 radical (unpaired) electrons. The zero-order valence-electron chi connectivity index (χ0n) is 13.8. The minimum atomic E-state index is -3.60. The molecule has 0 aliphatic rings. The van der Waals surface area contributed by atoms with E-state index in [1.54, 1.807) is 6.07 Å². The summed E-state index contributed by atoms with van der Waals surface area (Å²) in [6, 6.07) is 13.0. The molecule has 0 atom stereocenters. The maximum absolute atomic E-state index is 12.7. The number of rotatable bonds is 3. The molecule has 0 fully saturated rings. The largest absolute Gasteiger partial charge is 0.279 e. The fraction of sp³-hybridized carbons (Fsp3) is 0.333. The van der Waals surface area contributed by atoms with Crippen LogP contribution in [0.2, 0.25) is 0 Å². The van der Waals surface area contributed by atoms with E-state index >= 15 is 0 Å². The van der Waals surface area contributed by atoms with E-state index in [2.05, 4.69) is 25.5 Å². The smallest absolute Gasteiger partial charge is 0.262 e. The van der Waals surface area contributed by atoms with Crippen LogP contribution in [-0.2, 0) is 15.4 Å². The van der Waals surface area contributed by atoms with E-state index in [4.69, 9.17) is 0 Å². The van der Waals surface area contributed by atoms with Crippen LogP contribution < -0.4 is 4.72 Å².